The number of hydrogen-bond acceptors (Lipinski definition) is 8. The zero-order valence-corrected chi connectivity index (χ0v) is 26.0. The first-order chi connectivity index (χ1) is 18.8. The van der Waals surface area contributed by atoms with E-state index in [9.17, 15) is 14.7 Å². The number of aromatic hydroxyl groups is 1. The minimum atomic E-state index is 0.209. The summed E-state index contributed by atoms with van der Waals surface area (Å²) in [4.78, 5) is 34.1. The van der Waals surface area contributed by atoms with Gasteiger partial charge in [0.05, 0.1) is 4.88 Å². The smallest absolute Gasteiger partial charge is 0.222 e. The molecule has 2 fully saturated rings. The molecule has 1 aromatic carbocycles. The van der Waals surface area contributed by atoms with Gasteiger partial charge in [0.1, 0.15) is 9.57 Å². The predicted molar refractivity (Wildman–Crippen MR) is 163 cm³/mol. The summed E-state index contributed by atoms with van der Waals surface area (Å²) < 4.78 is 0.980. The molecular weight excluding hydrogens is 549 g/mol. The molecule has 2 saturated heterocycles. The van der Waals surface area contributed by atoms with Crippen molar-refractivity contribution in [2.24, 2.45) is 0 Å². The average Bonchev–Trinajstić information content (AvgIpc) is 3.33. The standard InChI is InChI=1S/C29H42N4O3S3/c1-4-7-8-24-28(38-39-29(24)37)21-17-22(19-30-9-13-32(14-10-30)25(34)5-2)27(36)23(18-21)20-31-11-15-33(16-12-31)26(35)6-3/h17-18,36H,4-16,19-20H2,1-3H3. The van der Waals surface area contributed by atoms with E-state index in [0.717, 1.165) is 92.1 Å². The van der Waals surface area contributed by atoms with E-state index in [1.165, 1.54) is 10.4 Å². The van der Waals surface area contributed by atoms with Crippen LogP contribution in [0.3, 0.4) is 0 Å². The van der Waals surface area contributed by atoms with Crippen LogP contribution in [0.5, 0.6) is 5.75 Å². The summed E-state index contributed by atoms with van der Waals surface area (Å²) in [7, 11) is 3.42. The van der Waals surface area contributed by atoms with E-state index in [4.69, 9.17) is 12.2 Å². The first kappa shape index (κ1) is 30.1. The van der Waals surface area contributed by atoms with Gasteiger partial charge in [-0.2, -0.15) is 0 Å². The Bertz CT molecular complexity index is 1140. The second-order valence-corrected chi connectivity index (χ2v) is 13.3. The molecule has 39 heavy (non-hydrogen) atoms. The fraction of sp³-hybridized carbons (Fsp3) is 0.621. The highest BCUT2D eigenvalue weighted by atomic mass is 32.9. The minimum absolute atomic E-state index is 0.209. The summed E-state index contributed by atoms with van der Waals surface area (Å²) in [6, 6.07) is 4.31. The van der Waals surface area contributed by atoms with Gasteiger partial charge in [0.2, 0.25) is 11.8 Å². The summed E-state index contributed by atoms with van der Waals surface area (Å²) >= 11 is 5.72. The third kappa shape index (κ3) is 7.47. The maximum atomic E-state index is 12.1. The van der Waals surface area contributed by atoms with Gasteiger partial charge in [0.25, 0.3) is 0 Å². The van der Waals surface area contributed by atoms with Crippen LogP contribution in [0.2, 0.25) is 0 Å². The van der Waals surface area contributed by atoms with Crippen LogP contribution in [-0.2, 0) is 29.1 Å². The first-order valence-electron chi connectivity index (χ1n) is 14.3. The highest BCUT2D eigenvalue weighted by Crippen LogP contribution is 2.39. The summed E-state index contributed by atoms with van der Waals surface area (Å²) in [5.74, 6) is 0.786. The molecule has 1 N–H and O–H groups in total. The molecule has 0 radical (unpaired) electrons. The number of amides is 2. The van der Waals surface area contributed by atoms with Crippen LogP contribution >= 0.6 is 32.9 Å². The summed E-state index contributed by atoms with van der Waals surface area (Å²) in [6.07, 6.45) is 4.30. The van der Waals surface area contributed by atoms with E-state index in [1.807, 2.05) is 23.6 Å². The van der Waals surface area contributed by atoms with Crippen LogP contribution in [-0.4, -0.2) is 88.9 Å². The number of piperazine rings is 2. The molecule has 2 amide bonds. The van der Waals surface area contributed by atoms with Crippen molar-refractivity contribution in [3.63, 3.8) is 0 Å². The van der Waals surface area contributed by atoms with E-state index in [0.29, 0.717) is 31.7 Å². The van der Waals surface area contributed by atoms with Gasteiger partial charge in [-0.15, -0.1) is 0 Å². The van der Waals surface area contributed by atoms with Gasteiger partial charge >= 0.3 is 0 Å². The van der Waals surface area contributed by atoms with Crippen molar-refractivity contribution in [3.8, 4) is 16.2 Å². The summed E-state index contributed by atoms with van der Waals surface area (Å²) in [5.41, 5.74) is 4.27. The van der Waals surface area contributed by atoms with Crippen LogP contribution in [0.15, 0.2) is 12.1 Å². The third-order valence-corrected chi connectivity index (χ3v) is 11.1. The number of carbonyl (C=O) groups excluding carboxylic acids is 2. The molecule has 0 bridgehead atoms. The summed E-state index contributed by atoms with van der Waals surface area (Å²) in [5, 5.41) is 11.5. The molecule has 0 unspecified atom stereocenters. The molecule has 7 nitrogen and oxygen atoms in total. The van der Waals surface area contributed by atoms with Crippen LogP contribution in [0.1, 0.15) is 63.1 Å². The van der Waals surface area contributed by atoms with Crippen molar-refractivity contribution in [1.82, 2.24) is 19.6 Å². The lowest BCUT2D eigenvalue weighted by Crippen LogP contribution is -2.48. The summed E-state index contributed by atoms with van der Waals surface area (Å²) in [6.45, 7) is 13.5. The minimum Gasteiger partial charge on any atom is -0.507 e. The van der Waals surface area contributed by atoms with Crippen LogP contribution < -0.4 is 0 Å². The molecule has 0 atom stereocenters. The topological polar surface area (TPSA) is 67.3 Å². The van der Waals surface area contributed by atoms with Crippen molar-refractivity contribution in [1.29, 1.82) is 0 Å². The zero-order valence-electron chi connectivity index (χ0n) is 23.5. The molecule has 1 aromatic heterocycles. The monoisotopic (exact) mass is 590 g/mol. The van der Waals surface area contributed by atoms with E-state index < -0.39 is 0 Å². The van der Waals surface area contributed by atoms with Crippen LogP contribution in [0.4, 0.5) is 0 Å². The molecule has 2 aliphatic rings. The second kappa shape index (κ2) is 14.2. The van der Waals surface area contributed by atoms with E-state index >= 15 is 0 Å². The maximum absolute atomic E-state index is 12.1. The van der Waals surface area contributed by atoms with Crippen molar-refractivity contribution in [3.05, 3.63) is 32.6 Å². The van der Waals surface area contributed by atoms with Gasteiger partial charge in [-0.1, -0.05) is 60.1 Å². The van der Waals surface area contributed by atoms with Gasteiger partial charge in [0, 0.05) is 89.4 Å². The quantitative estimate of drug-likeness (QED) is 0.297. The van der Waals surface area contributed by atoms with E-state index in [2.05, 4.69) is 28.9 Å². The van der Waals surface area contributed by atoms with Crippen molar-refractivity contribution in [2.45, 2.75) is 66.0 Å². The molecule has 2 aromatic rings. The van der Waals surface area contributed by atoms with Crippen molar-refractivity contribution >= 4 is 44.7 Å². The van der Waals surface area contributed by atoms with Gasteiger partial charge < -0.3 is 14.9 Å². The number of phenolic OH excluding ortho intramolecular Hbond substituents is 1. The van der Waals surface area contributed by atoms with Gasteiger partial charge in [-0.05, 0) is 36.1 Å². The van der Waals surface area contributed by atoms with Crippen molar-refractivity contribution < 1.29 is 14.7 Å². The fourth-order valence-corrected chi connectivity index (χ4v) is 8.43. The van der Waals surface area contributed by atoms with E-state index in [1.54, 1.807) is 20.7 Å². The van der Waals surface area contributed by atoms with Crippen LogP contribution in [0.25, 0.3) is 10.4 Å². The van der Waals surface area contributed by atoms with Crippen LogP contribution in [0, 0.1) is 3.82 Å². The number of rotatable bonds is 10. The van der Waals surface area contributed by atoms with E-state index in [-0.39, 0.29) is 11.8 Å². The second-order valence-electron chi connectivity index (χ2n) is 10.5. The molecule has 2 aliphatic heterocycles. The number of unbranched alkanes of at least 4 members (excludes halogenated alkanes) is 1. The van der Waals surface area contributed by atoms with Gasteiger partial charge in [0.15, 0.2) is 0 Å². The average molecular weight is 591 g/mol. The largest absolute Gasteiger partial charge is 0.507 e. The fourth-order valence-electron chi connectivity index (χ4n) is 5.44. The van der Waals surface area contributed by atoms with Gasteiger partial charge in [-0.3, -0.25) is 19.4 Å². The number of hydrogen-bond donors (Lipinski definition) is 1. The molecular formula is C29H42N4O3S3. The molecule has 214 valence electrons. The number of nitrogens with zero attached hydrogens (tertiary/aromatic N) is 4. The SMILES string of the molecule is CCCCc1c(-c2cc(CN3CCN(C(=O)CC)CC3)c(O)c(CN3CCN(C(=O)CC)CC3)c2)ssc1=S. The lowest BCUT2D eigenvalue weighted by atomic mass is 9.98. The molecule has 4 rings (SSSR count). The Kier molecular flexibility index (Phi) is 10.9. The molecule has 0 spiro atoms. The Morgan fingerprint density at radius 3 is 1.74 bits per heavy atom. The third-order valence-electron chi connectivity index (χ3n) is 7.87. The molecule has 10 heteroatoms. The predicted octanol–water partition coefficient (Wildman–Crippen LogP) is 5.36. The Morgan fingerprint density at radius 1 is 0.821 bits per heavy atom. The normalized spacial score (nSPS) is 17.1. The Hall–Kier alpha value is -1.85. The molecule has 0 aliphatic carbocycles. The lowest BCUT2D eigenvalue weighted by Gasteiger charge is -2.36. The lowest BCUT2D eigenvalue weighted by molar-refractivity contribution is -0.133. The van der Waals surface area contributed by atoms with Crippen molar-refractivity contribution in [2.75, 3.05) is 52.4 Å². The van der Waals surface area contributed by atoms with Gasteiger partial charge in [-0.25, -0.2) is 0 Å². The Morgan fingerprint density at radius 2 is 1.31 bits per heavy atom. The number of carbonyl (C=O) groups is 2. The molecule has 0 saturated carbocycles. The maximum Gasteiger partial charge on any atom is 0.222 e. The highest BCUT2D eigenvalue weighted by molar-refractivity contribution is 7.80. The first-order valence-corrected chi connectivity index (χ1v) is 16.9. The number of benzene rings is 1. The Labute approximate surface area is 245 Å². The molecule has 3 heterocycles. The highest BCUT2D eigenvalue weighted by Gasteiger charge is 2.25. The number of phenols is 1. The zero-order chi connectivity index (χ0) is 27.9. The Balaban J connectivity index is 1.59.